The third kappa shape index (κ3) is 5.40. The fraction of sp³-hybridized carbons (Fsp3) is 0.545. The van der Waals surface area contributed by atoms with E-state index in [-0.39, 0.29) is 24.2 Å². The summed E-state index contributed by atoms with van der Waals surface area (Å²) in [7, 11) is 0. The molecule has 1 amide bonds. The van der Waals surface area contributed by atoms with Crippen LogP contribution in [-0.4, -0.2) is 53.7 Å². The molecule has 3 rings (SSSR count). The second-order valence-corrected chi connectivity index (χ2v) is 9.20. The zero-order valence-corrected chi connectivity index (χ0v) is 18.3. The van der Waals surface area contributed by atoms with Crippen LogP contribution in [0.4, 0.5) is 0 Å². The highest BCUT2D eigenvalue weighted by Gasteiger charge is 2.26. The third-order valence-electron chi connectivity index (χ3n) is 5.12. The van der Waals surface area contributed by atoms with Crippen LogP contribution in [0.5, 0.6) is 0 Å². The SMILES string of the molecule is Cc1ccc(-c2nc(C)sc2CC(=O)NC[C@H](C)N2C[C@H](C)O[C@@H](C)C2)cc1. The van der Waals surface area contributed by atoms with E-state index in [1.807, 2.05) is 6.92 Å². The quantitative estimate of drug-likeness (QED) is 0.804. The number of thiazole rings is 1. The van der Waals surface area contributed by atoms with Gasteiger partial charge in [-0.25, -0.2) is 4.98 Å². The van der Waals surface area contributed by atoms with Crippen molar-refractivity contribution < 1.29 is 9.53 Å². The first-order valence-corrected chi connectivity index (χ1v) is 10.8. The Balaban J connectivity index is 1.59. The van der Waals surface area contributed by atoms with Gasteiger partial charge in [-0.3, -0.25) is 9.69 Å². The van der Waals surface area contributed by atoms with Crippen molar-refractivity contribution in [3.63, 3.8) is 0 Å². The molecule has 152 valence electrons. The number of ether oxygens (including phenoxy) is 1. The molecule has 0 bridgehead atoms. The molecule has 28 heavy (non-hydrogen) atoms. The molecule has 6 heteroatoms. The number of carbonyl (C=O) groups is 1. The van der Waals surface area contributed by atoms with Gasteiger partial charge >= 0.3 is 0 Å². The number of amides is 1. The van der Waals surface area contributed by atoms with Crippen LogP contribution in [0.25, 0.3) is 11.3 Å². The van der Waals surface area contributed by atoms with Crippen molar-refractivity contribution in [1.82, 2.24) is 15.2 Å². The molecule has 2 heterocycles. The maximum absolute atomic E-state index is 12.6. The van der Waals surface area contributed by atoms with Gasteiger partial charge in [0.1, 0.15) is 0 Å². The predicted molar refractivity (Wildman–Crippen MR) is 115 cm³/mol. The zero-order valence-electron chi connectivity index (χ0n) is 17.5. The minimum absolute atomic E-state index is 0.0539. The molecule has 1 aliphatic heterocycles. The molecular weight excluding hydrogens is 370 g/mol. The summed E-state index contributed by atoms with van der Waals surface area (Å²) in [5.41, 5.74) is 3.22. The maximum atomic E-state index is 12.6. The first-order chi connectivity index (χ1) is 13.3. The van der Waals surface area contributed by atoms with E-state index < -0.39 is 0 Å². The number of nitrogens with one attached hydrogen (secondary N) is 1. The van der Waals surface area contributed by atoms with Gasteiger partial charge in [-0.15, -0.1) is 11.3 Å². The molecule has 1 aromatic carbocycles. The van der Waals surface area contributed by atoms with E-state index >= 15 is 0 Å². The van der Waals surface area contributed by atoms with E-state index in [1.165, 1.54) is 5.56 Å². The molecule has 0 spiro atoms. The molecule has 0 aliphatic carbocycles. The van der Waals surface area contributed by atoms with Crippen molar-refractivity contribution >= 4 is 17.2 Å². The molecule has 0 saturated carbocycles. The van der Waals surface area contributed by atoms with Crippen LogP contribution >= 0.6 is 11.3 Å². The predicted octanol–water partition coefficient (Wildman–Crippen LogP) is 3.58. The van der Waals surface area contributed by atoms with Gasteiger partial charge in [0.05, 0.1) is 29.3 Å². The van der Waals surface area contributed by atoms with Crippen molar-refractivity contribution in [2.45, 2.75) is 59.3 Å². The van der Waals surface area contributed by atoms with E-state index in [0.717, 1.165) is 34.2 Å². The molecule has 1 aliphatic rings. The number of rotatable bonds is 6. The lowest BCUT2D eigenvalue weighted by atomic mass is 10.1. The van der Waals surface area contributed by atoms with Gasteiger partial charge in [-0.2, -0.15) is 0 Å². The van der Waals surface area contributed by atoms with Crippen LogP contribution in [0.3, 0.4) is 0 Å². The lowest BCUT2D eigenvalue weighted by Gasteiger charge is -2.39. The number of nitrogens with zero attached hydrogens (tertiary/aromatic N) is 2. The molecule has 1 N–H and O–H groups in total. The average Bonchev–Trinajstić information content (AvgIpc) is 2.99. The summed E-state index contributed by atoms with van der Waals surface area (Å²) in [6.07, 6.45) is 0.843. The molecule has 0 unspecified atom stereocenters. The minimum atomic E-state index is 0.0539. The summed E-state index contributed by atoms with van der Waals surface area (Å²) in [4.78, 5) is 20.7. The number of morpholine rings is 1. The lowest BCUT2D eigenvalue weighted by molar-refractivity contribution is -0.121. The molecule has 1 aromatic heterocycles. The van der Waals surface area contributed by atoms with Crippen molar-refractivity contribution in [1.29, 1.82) is 0 Å². The number of hydrogen-bond donors (Lipinski definition) is 1. The van der Waals surface area contributed by atoms with Gasteiger partial charge in [-0.1, -0.05) is 29.8 Å². The smallest absolute Gasteiger partial charge is 0.225 e. The van der Waals surface area contributed by atoms with Gasteiger partial charge in [-0.05, 0) is 34.6 Å². The Morgan fingerprint density at radius 2 is 1.89 bits per heavy atom. The maximum Gasteiger partial charge on any atom is 0.225 e. The second kappa shape index (κ2) is 9.16. The van der Waals surface area contributed by atoms with E-state index in [2.05, 4.69) is 67.2 Å². The van der Waals surface area contributed by atoms with E-state index in [1.54, 1.807) is 11.3 Å². The molecule has 1 fully saturated rings. The summed E-state index contributed by atoms with van der Waals surface area (Å²) >= 11 is 1.61. The Morgan fingerprint density at radius 3 is 2.54 bits per heavy atom. The number of aromatic nitrogens is 1. The number of carbonyl (C=O) groups excluding carboxylic acids is 1. The van der Waals surface area contributed by atoms with Gasteiger partial charge in [0.2, 0.25) is 5.91 Å². The summed E-state index contributed by atoms with van der Waals surface area (Å²) in [6, 6.07) is 8.61. The Morgan fingerprint density at radius 1 is 1.25 bits per heavy atom. The van der Waals surface area contributed by atoms with E-state index in [9.17, 15) is 4.79 Å². The van der Waals surface area contributed by atoms with Crippen LogP contribution in [-0.2, 0) is 16.0 Å². The lowest BCUT2D eigenvalue weighted by Crippen LogP contribution is -2.52. The van der Waals surface area contributed by atoms with Crippen molar-refractivity contribution in [3.05, 3.63) is 39.7 Å². The van der Waals surface area contributed by atoms with Crippen LogP contribution in [0.1, 0.15) is 36.2 Å². The van der Waals surface area contributed by atoms with Crippen molar-refractivity contribution in [2.75, 3.05) is 19.6 Å². The Labute approximate surface area is 172 Å². The molecule has 1 saturated heterocycles. The van der Waals surface area contributed by atoms with Crippen LogP contribution in [0.2, 0.25) is 0 Å². The normalized spacial score (nSPS) is 21.5. The van der Waals surface area contributed by atoms with E-state index in [4.69, 9.17) is 4.74 Å². The first kappa shape index (κ1) is 21.0. The number of aryl methyl sites for hydroxylation is 2. The summed E-state index contributed by atoms with van der Waals surface area (Å²) < 4.78 is 5.80. The summed E-state index contributed by atoms with van der Waals surface area (Å²) in [5.74, 6) is 0.0539. The molecule has 2 aromatic rings. The van der Waals surface area contributed by atoms with Crippen molar-refractivity contribution in [3.8, 4) is 11.3 Å². The summed E-state index contributed by atoms with van der Waals surface area (Å²) in [5, 5.41) is 4.10. The second-order valence-electron chi connectivity index (χ2n) is 7.91. The summed E-state index contributed by atoms with van der Waals surface area (Å²) in [6.45, 7) is 12.9. The zero-order chi connectivity index (χ0) is 20.3. The van der Waals surface area contributed by atoms with E-state index in [0.29, 0.717) is 13.0 Å². The highest BCUT2D eigenvalue weighted by molar-refractivity contribution is 7.12. The molecule has 3 atom stereocenters. The van der Waals surface area contributed by atoms with Crippen LogP contribution in [0.15, 0.2) is 24.3 Å². The molecule has 5 nitrogen and oxygen atoms in total. The average molecular weight is 402 g/mol. The van der Waals surface area contributed by atoms with Crippen molar-refractivity contribution in [2.24, 2.45) is 0 Å². The molecular formula is C22H31N3O2S. The fourth-order valence-electron chi connectivity index (χ4n) is 3.70. The van der Waals surface area contributed by atoms with Crippen LogP contribution in [0, 0.1) is 13.8 Å². The largest absolute Gasteiger partial charge is 0.373 e. The minimum Gasteiger partial charge on any atom is -0.373 e. The third-order valence-corrected chi connectivity index (χ3v) is 6.09. The monoisotopic (exact) mass is 401 g/mol. The molecule has 0 radical (unpaired) electrons. The first-order valence-electron chi connectivity index (χ1n) is 10.0. The fourth-order valence-corrected chi connectivity index (χ4v) is 4.66. The van der Waals surface area contributed by atoms with Crippen LogP contribution < -0.4 is 5.32 Å². The Bertz CT molecular complexity index is 793. The highest BCUT2D eigenvalue weighted by Crippen LogP contribution is 2.28. The highest BCUT2D eigenvalue weighted by atomic mass is 32.1. The number of benzene rings is 1. The van der Waals surface area contributed by atoms with Gasteiger partial charge in [0.15, 0.2) is 0 Å². The van der Waals surface area contributed by atoms with Gasteiger partial charge < -0.3 is 10.1 Å². The Kier molecular flexibility index (Phi) is 6.86. The standard InChI is InChI=1S/C22H31N3O2S/c1-14-6-8-19(9-7-14)22-20(28-18(5)24-22)10-21(26)23-11-15(2)25-12-16(3)27-17(4)13-25/h6-9,15-17H,10-13H2,1-5H3,(H,23,26)/t15-,16-,17-/m0/s1. The number of hydrogen-bond acceptors (Lipinski definition) is 5. The topological polar surface area (TPSA) is 54.5 Å². The Hall–Kier alpha value is -1.76. The van der Waals surface area contributed by atoms with Gasteiger partial charge in [0, 0.05) is 36.1 Å². The van der Waals surface area contributed by atoms with Gasteiger partial charge in [0.25, 0.3) is 0 Å².